The molecule has 3 rings (SSSR count). The van der Waals surface area contributed by atoms with E-state index in [1.165, 1.54) is 12.1 Å². The van der Waals surface area contributed by atoms with Crippen LogP contribution < -0.4 is 0 Å². The maximum absolute atomic E-state index is 13.3. The Bertz CT molecular complexity index is 619. The number of hydrogen-bond donors (Lipinski definition) is 1. The Morgan fingerprint density at radius 1 is 1.29 bits per heavy atom. The van der Waals surface area contributed by atoms with E-state index in [4.69, 9.17) is 0 Å². The fraction of sp³-hybridized carbons (Fsp3) is 0.556. The number of carboxylic acids is 1. The maximum atomic E-state index is 13.3. The molecule has 24 heavy (non-hydrogen) atoms. The first-order valence-corrected chi connectivity index (χ1v) is 8.42. The predicted molar refractivity (Wildman–Crippen MR) is 86.8 cm³/mol. The molecule has 2 saturated heterocycles. The van der Waals surface area contributed by atoms with E-state index in [0.29, 0.717) is 24.4 Å². The topological polar surface area (TPSA) is 60.9 Å². The summed E-state index contributed by atoms with van der Waals surface area (Å²) in [4.78, 5) is 28.2. The molecule has 0 aromatic heterocycles. The van der Waals surface area contributed by atoms with Crippen molar-refractivity contribution in [3.63, 3.8) is 0 Å². The van der Waals surface area contributed by atoms with Crippen molar-refractivity contribution in [3.8, 4) is 0 Å². The Kier molecular flexibility index (Phi) is 4.85. The summed E-state index contributed by atoms with van der Waals surface area (Å²) in [6.07, 6.45) is 1.60. The van der Waals surface area contributed by atoms with Crippen LogP contribution >= 0.6 is 0 Å². The summed E-state index contributed by atoms with van der Waals surface area (Å²) in [7, 11) is 2.05. The first-order valence-electron chi connectivity index (χ1n) is 8.42. The van der Waals surface area contributed by atoms with Gasteiger partial charge in [0.25, 0.3) is 0 Å². The number of amides is 1. The third-order valence-electron chi connectivity index (χ3n) is 5.18. The van der Waals surface area contributed by atoms with Crippen LogP contribution in [0.25, 0.3) is 0 Å². The van der Waals surface area contributed by atoms with E-state index in [9.17, 15) is 19.1 Å². The third-order valence-corrected chi connectivity index (χ3v) is 5.18. The van der Waals surface area contributed by atoms with Gasteiger partial charge in [-0.3, -0.25) is 9.59 Å². The molecule has 2 fully saturated rings. The molecule has 3 unspecified atom stereocenters. The lowest BCUT2D eigenvalue weighted by Crippen LogP contribution is -2.47. The van der Waals surface area contributed by atoms with Gasteiger partial charge in [-0.2, -0.15) is 0 Å². The van der Waals surface area contributed by atoms with E-state index in [1.54, 1.807) is 17.0 Å². The molecule has 2 aliphatic rings. The SMILES string of the molecule is CN1CCC(CN2C(=O)CCC(C(=O)O)C2c2ccc(F)cc2)C1. The zero-order valence-corrected chi connectivity index (χ0v) is 13.8. The molecule has 1 aromatic rings. The largest absolute Gasteiger partial charge is 0.481 e. The number of piperidine rings is 1. The number of carbonyl (C=O) groups excluding carboxylic acids is 1. The van der Waals surface area contributed by atoms with E-state index in [1.807, 2.05) is 0 Å². The fourth-order valence-electron chi connectivity index (χ4n) is 3.95. The molecule has 0 saturated carbocycles. The standard InChI is InChI=1S/C18H23FN2O3/c1-20-9-8-12(10-20)11-21-16(22)7-6-15(18(23)24)17(21)13-2-4-14(19)5-3-13/h2-5,12,15,17H,6-11H2,1H3,(H,23,24). The van der Waals surface area contributed by atoms with Crippen LogP contribution in [0.15, 0.2) is 24.3 Å². The Morgan fingerprint density at radius 3 is 2.58 bits per heavy atom. The fourth-order valence-corrected chi connectivity index (χ4v) is 3.95. The monoisotopic (exact) mass is 334 g/mol. The molecular weight excluding hydrogens is 311 g/mol. The molecule has 0 aliphatic carbocycles. The van der Waals surface area contributed by atoms with Crippen LogP contribution in [0.3, 0.4) is 0 Å². The molecule has 130 valence electrons. The summed E-state index contributed by atoms with van der Waals surface area (Å²) in [6.45, 7) is 2.48. The second-order valence-electron chi connectivity index (χ2n) is 6.94. The van der Waals surface area contributed by atoms with Gasteiger partial charge in [0.15, 0.2) is 0 Å². The van der Waals surface area contributed by atoms with E-state index in [0.717, 1.165) is 19.5 Å². The summed E-state index contributed by atoms with van der Waals surface area (Å²) in [6, 6.07) is 5.34. The summed E-state index contributed by atoms with van der Waals surface area (Å²) in [5.41, 5.74) is 0.697. The van der Waals surface area contributed by atoms with Gasteiger partial charge in [-0.05, 0) is 50.0 Å². The lowest BCUT2D eigenvalue weighted by Gasteiger charge is -2.41. The molecule has 0 bridgehead atoms. The van der Waals surface area contributed by atoms with Crippen molar-refractivity contribution >= 4 is 11.9 Å². The molecule has 1 aromatic carbocycles. The number of aliphatic carboxylic acids is 1. The Balaban J connectivity index is 1.89. The Labute approximate surface area is 141 Å². The average molecular weight is 334 g/mol. The molecular formula is C18H23FN2O3. The molecule has 1 N–H and O–H groups in total. The minimum absolute atomic E-state index is 0.00335. The zero-order valence-electron chi connectivity index (χ0n) is 13.8. The number of benzene rings is 1. The Hall–Kier alpha value is -1.95. The number of halogens is 1. The normalized spacial score (nSPS) is 28.3. The van der Waals surface area contributed by atoms with Crippen LogP contribution in [0, 0.1) is 17.7 Å². The molecule has 5 nitrogen and oxygen atoms in total. The summed E-state index contributed by atoms with van der Waals surface area (Å²) >= 11 is 0. The second-order valence-corrected chi connectivity index (χ2v) is 6.94. The molecule has 2 heterocycles. The number of hydrogen-bond acceptors (Lipinski definition) is 3. The first kappa shape index (κ1) is 16.9. The van der Waals surface area contributed by atoms with Crippen molar-refractivity contribution in [1.29, 1.82) is 0 Å². The number of likely N-dealkylation sites (tertiary alicyclic amines) is 2. The van der Waals surface area contributed by atoms with Gasteiger partial charge in [0.05, 0.1) is 12.0 Å². The van der Waals surface area contributed by atoms with E-state index >= 15 is 0 Å². The number of nitrogens with zero attached hydrogens (tertiary/aromatic N) is 2. The summed E-state index contributed by atoms with van der Waals surface area (Å²) in [5.74, 6) is -1.56. The first-order chi connectivity index (χ1) is 11.5. The molecule has 0 spiro atoms. The maximum Gasteiger partial charge on any atom is 0.308 e. The van der Waals surface area contributed by atoms with Gasteiger partial charge in [0.1, 0.15) is 5.82 Å². The molecule has 3 atom stereocenters. The van der Waals surface area contributed by atoms with Gasteiger partial charge in [0.2, 0.25) is 5.91 Å². The molecule has 6 heteroatoms. The van der Waals surface area contributed by atoms with Crippen molar-refractivity contribution in [2.24, 2.45) is 11.8 Å². The van der Waals surface area contributed by atoms with Crippen molar-refractivity contribution in [1.82, 2.24) is 9.80 Å². The lowest BCUT2D eigenvalue weighted by molar-refractivity contribution is -0.152. The highest BCUT2D eigenvalue weighted by molar-refractivity contribution is 5.81. The predicted octanol–water partition coefficient (Wildman–Crippen LogP) is 2.14. The smallest absolute Gasteiger partial charge is 0.308 e. The van der Waals surface area contributed by atoms with Gasteiger partial charge in [0, 0.05) is 19.5 Å². The number of carbonyl (C=O) groups is 2. The van der Waals surface area contributed by atoms with Crippen LogP contribution in [0.1, 0.15) is 30.9 Å². The van der Waals surface area contributed by atoms with Crippen molar-refractivity contribution in [3.05, 3.63) is 35.6 Å². The van der Waals surface area contributed by atoms with Crippen LogP contribution in [0.4, 0.5) is 4.39 Å². The van der Waals surface area contributed by atoms with E-state index in [2.05, 4.69) is 11.9 Å². The van der Waals surface area contributed by atoms with Crippen LogP contribution in [0.2, 0.25) is 0 Å². The minimum Gasteiger partial charge on any atom is -0.481 e. The van der Waals surface area contributed by atoms with Crippen LogP contribution in [0.5, 0.6) is 0 Å². The summed E-state index contributed by atoms with van der Waals surface area (Å²) in [5, 5.41) is 9.61. The van der Waals surface area contributed by atoms with E-state index in [-0.39, 0.29) is 18.1 Å². The highest BCUT2D eigenvalue weighted by atomic mass is 19.1. The zero-order chi connectivity index (χ0) is 17.3. The highest BCUT2D eigenvalue weighted by Gasteiger charge is 2.41. The molecule has 1 amide bonds. The van der Waals surface area contributed by atoms with Gasteiger partial charge >= 0.3 is 5.97 Å². The number of rotatable bonds is 4. The number of carboxylic acid groups (broad SMARTS) is 1. The van der Waals surface area contributed by atoms with Crippen LogP contribution in [-0.2, 0) is 9.59 Å². The average Bonchev–Trinajstić information content (AvgIpc) is 2.95. The lowest BCUT2D eigenvalue weighted by atomic mass is 9.83. The third kappa shape index (κ3) is 3.43. The van der Waals surface area contributed by atoms with E-state index < -0.39 is 17.9 Å². The van der Waals surface area contributed by atoms with Crippen molar-refractivity contribution in [2.45, 2.75) is 25.3 Å². The van der Waals surface area contributed by atoms with Gasteiger partial charge in [-0.15, -0.1) is 0 Å². The van der Waals surface area contributed by atoms with Gasteiger partial charge in [-0.25, -0.2) is 4.39 Å². The highest BCUT2D eigenvalue weighted by Crippen LogP contribution is 2.38. The van der Waals surface area contributed by atoms with Crippen molar-refractivity contribution in [2.75, 3.05) is 26.7 Å². The quantitative estimate of drug-likeness (QED) is 0.916. The van der Waals surface area contributed by atoms with Crippen molar-refractivity contribution < 1.29 is 19.1 Å². The molecule has 0 radical (unpaired) electrons. The molecule has 2 aliphatic heterocycles. The van der Waals surface area contributed by atoms with Gasteiger partial charge < -0.3 is 14.9 Å². The Morgan fingerprint density at radius 2 is 2.00 bits per heavy atom. The second kappa shape index (κ2) is 6.89. The van der Waals surface area contributed by atoms with Gasteiger partial charge in [-0.1, -0.05) is 12.1 Å². The minimum atomic E-state index is -0.898. The van der Waals surface area contributed by atoms with Crippen LogP contribution in [-0.4, -0.2) is 53.5 Å². The summed E-state index contributed by atoms with van der Waals surface area (Å²) < 4.78 is 13.3.